The predicted molar refractivity (Wildman–Crippen MR) is 51.7 cm³/mol. The first-order valence-corrected chi connectivity index (χ1v) is 5.10. The molecule has 0 aliphatic carbocycles. The van der Waals surface area contributed by atoms with E-state index in [0.29, 0.717) is 0 Å². The van der Waals surface area contributed by atoms with Gasteiger partial charge in [0.15, 0.2) is 6.29 Å². The fraction of sp³-hybridized carbons (Fsp3) is 1.00. The number of aliphatic hydroxyl groups excluding tert-OH is 2. The first-order valence-electron chi connectivity index (χ1n) is 5.10. The average molecular weight is 204 g/mol. The number of rotatable bonds is 2. The standard InChI is InChI=1S/C10H20O4/c1-5(2)13-10-9(12)6(3)8(11)7(4)14-10/h5-12H,1-4H3/t6-,7+,8-,9+,10+/m1/s1. The maximum absolute atomic E-state index is 9.76. The van der Waals surface area contributed by atoms with Gasteiger partial charge < -0.3 is 19.7 Å². The molecule has 5 atom stereocenters. The Kier molecular flexibility index (Phi) is 3.89. The Morgan fingerprint density at radius 2 is 1.71 bits per heavy atom. The van der Waals surface area contributed by atoms with Gasteiger partial charge >= 0.3 is 0 Å². The molecule has 0 unspecified atom stereocenters. The molecule has 4 heteroatoms. The van der Waals surface area contributed by atoms with E-state index in [2.05, 4.69) is 0 Å². The molecule has 0 aromatic carbocycles. The van der Waals surface area contributed by atoms with Crippen LogP contribution in [0.2, 0.25) is 0 Å². The molecule has 2 N–H and O–H groups in total. The van der Waals surface area contributed by atoms with Gasteiger partial charge in [0.05, 0.1) is 18.3 Å². The van der Waals surface area contributed by atoms with Gasteiger partial charge in [-0.3, -0.25) is 0 Å². The van der Waals surface area contributed by atoms with Gasteiger partial charge in [-0.1, -0.05) is 6.92 Å². The zero-order valence-electron chi connectivity index (χ0n) is 9.18. The van der Waals surface area contributed by atoms with Crippen LogP contribution in [0.5, 0.6) is 0 Å². The molecule has 0 aromatic heterocycles. The molecule has 1 aliphatic heterocycles. The van der Waals surface area contributed by atoms with E-state index in [0.717, 1.165) is 0 Å². The quantitative estimate of drug-likeness (QED) is 0.688. The fourth-order valence-corrected chi connectivity index (χ4v) is 1.63. The molecule has 0 spiro atoms. The highest BCUT2D eigenvalue weighted by atomic mass is 16.7. The van der Waals surface area contributed by atoms with Crippen LogP contribution in [0, 0.1) is 5.92 Å². The summed E-state index contributed by atoms with van der Waals surface area (Å²) in [6.45, 7) is 7.35. The zero-order chi connectivity index (χ0) is 10.9. The lowest BCUT2D eigenvalue weighted by Gasteiger charge is -2.40. The molecular formula is C10H20O4. The van der Waals surface area contributed by atoms with Crippen molar-refractivity contribution in [3.05, 3.63) is 0 Å². The van der Waals surface area contributed by atoms with Gasteiger partial charge in [-0.25, -0.2) is 0 Å². The van der Waals surface area contributed by atoms with E-state index in [1.165, 1.54) is 0 Å². The molecule has 4 nitrogen and oxygen atoms in total. The van der Waals surface area contributed by atoms with Crippen LogP contribution < -0.4 is 0 Å². The van der Waals surface area contributed by atoms with Crippen LogP contribution >= 0.6 is 0 Å². The van der Waals surface area contributed by atoms with Gasteiger partial charge in [-0.05, 0) is 20.8 Å². The molecule has 14 heavy (non-hydrogen) atoms. The van der Waals surface area contributed by atoms with E-state index in [1.807, 2.05) is 13.8 Å². The van der Waals surface area contributed by atoms with Gasteiger partial charge in [0.2, 0.25) is 0 Å². The topological polar surface area (TPSA) is 58.9 Å². The van der Waals surface area contributed by atoms with E-state index >= 15 is 0 Å². The van der Waals surface area contributed by atoms with E-state index < -0.39 is 18.5 Å². The normalized spacial score (nSPS) is 44.4. The molecular weight excluding hydrogens is 184 g/mol. The fourth-order valence-electron chi connectivity index (χ4n) is 1.63. The number of aliphatic hydroxyl groups is 2. The van der Waals surface area contributed by atoms with Crippen molar-refractivity contribution < 1.29 is 19.7 Å². The predicted octanol–water partition coefficient (Wildman–Crippen LogP) is 0.514. The van der Waals surface area contributed by atoms with E-state index in [-0.39, 0.29) is 18.1 Å². The Labute approximate surface area is 84.8 Å². The minimum atomic E-state index is -0.761. The van der Waals surface area contributed by atoms with Gasteiger partial charge in [-0.2, -0.15) is 0 Å². The second-order valence-corrected chi connectivity index (χ2v) is 4.23. The van der Waals surface area contributed by atoms with Gasteiger partial charge in [0, 0.05) is 5.92 Å². The third-order valence-corrected chi connectivity index (χ3v) is 2.59. The van der Waals surface area contributed by atoms with Crippen LogP contribution in [0.1, 0.15) is 27.7 Å². The van der Waals surface area contributed by atoms with Crippen LogP contribution in [0.25, 0.3) is 0 Å². The molecule has 84 valence electrons. The lowest BCUT2D eigenvalue weighted by atomic mass is 9.91. The first kappa shape index (κ1) is 11.9. The highest BCUT2D eigenvalue weighted by Crippen LogP contribution is 2.26. The Balaban J connectivity index is 2.60. The molecule has 0 radical (unpaired) electrons. The molecule has 0 amide bonds. The Morgan fingerprint density at radius 3 is 2.21 bits per heavy atom. The summed E-state index contributed by atoms with van der Waals surface area (Å²) in [6.07, 6.45) is -2.30. The molecule has 1 rings (SSSR count). The van der Waals surface area contributed by atoms with Crippen molar-refractivity contribution in [3.8, 4) is 0 Å². The van der Waals surface area contributed by atoms with Crippen LogP contribution in [0.4, 0.5) is 0 Å². The molecule has 0 bridgehead atoms. The summed E-state index contributed by atoms with van der Waals surface area (Å²) in [4.78, 5) is 0. The minimum Gasteiger partial charge on any atom is -0.390 e. The molecule has 0 saturated carbocycles. The summed E-state index contributed by atoms with van der Waals surface area (Å²) in [5.74, 6) is -0.220. The minimum absolute atomic E-state index is 0.00397. The SMILES string of the molecule is CC(C)O[C@H]1O[C@@H](C)[C@H](O)[C@@H](C)[C@@H]1O. The van der Waals surface area contributed by atoms with Crippen molar-refractivity contribution in [2.24, 2.45) is 5.92 Å². The summed E-state index contributed by atoms with van der Waals surface area (Å²) in [7, 11) is 0. The van der Waals surface area contributed by atoms with E-state index in [1.54, 1.807) is 13.8 Å². The molecule has 1 saturated heterocycles. The van der Waals surface area contributed by atoms with E-state index in [9.17, 15) is 10.2 Å². The van der Waals surface area contributed by atoms with Crippen molar-refractivity contribution in [1.29, 1.82) is 0 Å². The summed E-state index contributed by atoms with van der Waals surface area (Å²) in [5.41, 5.74) is 0. The lowest BCUT2D eigenvalue weighted by molar-refractivity contribution is -0.288. The first-order chi connectivity index (χ1) is 6.43. The highest BCUT2D eigenvalue weighted by Gasteiger charge is 2.40. The Hall–Kier alpha value is -0.160. The summed E-state index contributed by atoms with van der Waals surface area (Å²) < 4.78 is 10.8. The molecule has 0 aromatic rings. The van der Waals surface area contributed by atoms with Crippen LogP contribution in [-0.2, 0) is 9.47 Å². The molecule has 1 heterocycles. The Bertz CT molecular complexity index is 183. The lowest BCUT2D eigenvalue weighted by Crippen LogP contribution is -2.53. The van der Waals surface area contributed by atoms with Gasteiger partial charge in [0.1, 0.15) is 6.10 Å². The largest absolute Gasteiger partial charge is 0.390 e. The van der Waals surface area contributed by atoms with Gasteiger partial charge in [-0.15, -0.1) is 0 Å². The molecule has 1 fully saturated rings. The maximum Gasteiger partial charge on any atom is 0.184 e. The van der Waals surface area contributed by atoms with Crippen molar-refractivity contribution in [3.63, 3.8) is 0 Å². The third-order valence-electron chi connectivity index (χ3n) is 2.59. The third kappa shape index (κ3) is 2.45. The van der Waals surface area contributed by atoms with Crippen molar-refractivity contribution in [2.75, 3.05) is 0 Å². The van der Waals surface area contributed by atoms with E-state index in [4.69, 9.17) is 9.47 Å². The van der Waals surface area contributed by atoms with Crippen molar-refractivity contribution in [1.82, 2.24) is 0 Å². The smallest absolute Gasteiger partial charge is 0.184 e. The number of hydrogen-bond acceptors (Lipinski definition) is 4. The average Bonchev–Trinajstić information content (AvgIpc) is 2.10. The van der Waals surface area contributed by atoms with Gasteiger partial charge in [0.25, 0.3) is 0 Å². The second kappa shape index (κ2) is 4.57. The van der Waals surface area contributed by atoms with Crippen molar-refractivity contribution in [2.45, 2.75) is 58.4 Å². The monoisotopic (exact) mass is 204 g/mol. The van der Waals surface area contributed by atoms with Crippen LogP contribution in [0.15, 0.2) is 0 Å². The summed E-state index contributed by atoms with van der Waals surface area (Å²) >= 11 is 0. The second-order valence-electron chi connectivity index (χ2n) is 4.23. The van der Waals surface area contributed by atoms with Crippen LogP contribution in [0.3, 0.4) is 0 Å². The Morgan fingerprint density at radius 1 is 1.14 bits per heavy atom. The number of ether oxygens (including phenoxy) is 2. The summed E-state index contributed by atoms with van der Waals surface area (Å²) in [5, 5.41) is 19.4. The van der Waals surface area contributed by atoms with Crippen LogP contribution in [-0.4, -0.2) is 40.9 Å². The maximum atomic E-state index is 9.76. The molecule has 1 aliphatic rings. The number of hydrogen-bond donors (Lipinski definition) is 2. The highest BCUT2D eigenvalue weighted by molar-refractivity contribution is 4.84. The zero-order valence-corrected chi connectivity index (χ0v) is 9.18. The summed E-state index contributed by atoms with van der Waals surface area (Å²) in [6, 6.07) is 0. The van der Waals surface area contributed by atoms with Crippen molar-refractivity contribution >= 4 is 0 Å².